The molecule has 1 aromatic rings. The number of ether oxygens (including phenoxy) is 1. The van der Waals surface area contributed by atoms with E-state index in [1.165, 1.54) is 0 Å². The van der Waals surface area contributed by atoms with E-state index < -0.39 is 5.60 Å². The number of pyridine rings is 1. The molecule has 3 nitrogen and oxygen atoms in total. The molecule has 112 valence electrons. The van der Waals surface area contributed by atoms with Crippen molar-refractivity contribution in [2.45, 2.75) is 52.4 Å². The topological polar surface area (TPSA) is 39.2 Å². The third-order valence-corrected chi connectivity index (χ3v) is 4.59. The van der Waals surface area contributed by atoms with Crippen LogP contribution >= 0.6 is 11.8 Å². The lowest BCUT2D eigenvalue weighted by Crippen LogP contribution is -2.41. The van der Waals surface area contributed by atoms with Gasteiger partial charge in [0, 0.05) is 23.1 Å². The first-order valence-corrected chi connectivity index (χ1v) is 8.07. The van der Waals surface area contributed by atoms with Crippen LogP contribution in [0.25, 0.3) is 0 Å². The van der Waals surface area contributed by atoms with Crippen molar-refractivity contribution in [3.8, 4) is 0 Å². The number of carbonyl (C=O) groups excluding carboxylic acids is 1. The fraction of sp³-hybridized carbons (Fsp3) is 0.625. The second kappa shape index (κ2) is 7.11. The zero-order chi connectivity index (χ0) is 15.2. The van der Waals surface area contributed by atoms with E-state index in [4.69, 9.17) is 4.74 Å². The highest BCUT2D eigenvalue weighted by Crippen LogP contribution is 2.33. The predicted molar refractivity (Wildman–Crippen MR) is 84.6 cm³/mol. The van der Waals surface area contributed by atoms with Crippen molar-refractivity contribution in [3.05, 3.63) is 30.1 Å². The Hall–Kier alpha value is -1.03. The Balaban J connectivity index is 2.27. The van der Waals surface area contributed by atoms with Crippen LogP contribution < -0.4 is 0 Å². The molecule has 1 aromatic heterocycles. The van der Waals surface area contributed by atoms with Gasteiger partial charge in [-0.05, 0) is 26.0 Å². The quantitative estimate of drug-likeness (QED) is 0.586. The van der Waals surface area contributed by atoms with Crippen molar-refractivity contribution in [1.82, 2.24) is 4.98 Å². The van der Waals surface area contributed by atoms with Crippen molar-refractivity contribution in [1.29, 1.82) is 0 Å². The van der Waals surface area contributed by atoms with Crippen LogP contribution in [0.15, 0.2) is 24.4 Å². The first-order valence-electron chi connectivity index (χ1n) is 6.92. The Bertz CT molecular complexity index is 424. The van der Waals surface area contributed by atoms with Crippen molar-refractivity contribution in [2.75, 3.05) is 5.75 Å². The monoisotopic (exact) mass is 295 g/mol. The molecule has 1 rings (SSSR count). The maximum absolute atomic E-state index is 11.9. The summed E-state index contributed by atoms with van der Waals surface area (Å²) in [6.07, 6.45) is 2.23. The molecule has 0 radical (unpaired) electrons. The standard InChI is InChI=1S/C16H25NO2S/c1-15(2,3)16(4,5)19-14(18)9-11-20-12-13-8-6-7-10-17-13/h6-8,10H,9,11-12H2,1-5H3. The molecule has 0 aliphatic rings. The van der Waals surface area contributed by atoms with Crippen molar-refractivity contribution in [3.63, 3.8) is 0 Å². The molecule has 0 atom stereocenters. The predicted octanol–water partition coefficient (Wildman–Crippen LogP) is 4.07. The number of aromatic nitrogens is 1. The van der Waals surface area contributed by atoms with Crippen molar-refractivity contribution in [2.24, 2.45) is 5.41 Å². The van der Waals surface area contributed by atoms with Gasteiger partial charge in [-0.1, -0.05) is 26.8 Å². The number of esters is 1. The Morgan fingerprint density at radius 1 is 1.25 bits per heavy atom. The molecular weight excluding hydrogens is 270 g/mol. The lowest BCUT2D eigenvalue weighted by atomic mass is 9.79. The summed E-state index contributed by atoms with van der Waals surface area (Å²) in [6.45, 7) is 10.2. The van der Waals surface area contributed by atoms with Gasteiger partial charge < -0.3 is 4.74 Å². The van der Waals surface area contributed by atoms with E-state index in [0.29, 0.717) is 6.42 Å². The summed E-state index contributed by atoms with van der Waals surface area (Å²) in [5.41, 5.74) is 0.528. The average Bonchev–Trinajstić information content (AvgIpc) is 2.34. The van der Waals surface area contributed by atoms with Crippen LogP contribution in [0, 0.1) is 5.41 Å². The third-order valence-electron chi connectivity index (χ3n) is 3.60. The minimum Gasteiger partial charge on any atom is -0.459 e. The normalized spacial score (nSPS) is 12.2. The van der Waals surface area contributed by atoms with Crippen LogP contribution in [0.5, 0.6) is 0 Å². The van der Waals surface area contributed by atoms with E-state index in [1.54, 1.807) is 18.0 Å². The van der Waals surface area contributed by atoms with Gasteiger partial charge in [0.05, 0.1) is 12.1 Å². The summed E-state index contributed by atoms with van der Waals surface area (Å²) in [6, 6.07) is 5.87. The molecule has 0 saturated carbocycles. The summed E-state index contributed by atoms with van der Waals surface area (Å²) in [5.74, 6) is 1.46. The SMILES string of the molecule is CC(C)(C)C(C)(C)OC(=O)CCSCc1ccccn1. The summed E-state index contributed by atoms with van der Waals surface area (Å²) in [4.78, 5) is 16.1. The third kappa shape index (κ3) is 5.53. The molecule has 1 heterocycles. The second-order valence-corrected chi connectivity index (χ2v) is 7.46. The molecule has 0 aliphatic heterocycles. The van der Waals surface area contributed by atoms with Gasteiger partial charge >= 0.3 is 5.97 Å². The van der Waals surface area contributed by atoms with Gasteiger partial charge in [0.1, 0.15) is 5.60 Å². The fourth-order valence-corrected chi connectivity index (χ4v) is 2.14. The van der Waals surface area contributed by atoms with Crippen molar-refractivity contribution < 1.29 is 9.53 Å². The van der Waals surface area contributed by atoms with Crippen LogP contribution in [0.2, 0.25) is 0 Å². The zero-order valence-electron chi connectivity index (χ0n) is 13.1. The number of nitrogens with zero attached hydrogens (tertiary/aromatic N) is 1. The molecule has 0 saturated heterocycles. The first-order chi connectivity index (χ1) is 9.22. The van der Waals surface area contributed by atoms with Gasteiger partial charge in [-0.25, -0.2) is 0 Å². The Morgan fingerprint density at radius 3 is 2.50 bits per heavy atom. The van der Waals surface area contributed by atoms with E-state index in [-0.39, 0.29) is 11.4 Å². The van der Waals surface area contributed by atoms with Crippen LogP contribution in [0.4, 0.5) is 0 Å². The smallest absolute Gasteiger partial charge is 0.307 e. The molecule has 20 heavy (non-hydrogen) atoms. The summed E-state index contributed by atoms with van der Waals surface area (Å²) >= 11 is 1.70. The summed E-state index contributed by atoms with van der Waals surface area (Å²) in [7, 11) is 0. The maximum Gasteiger partial charge on any atom is 0.307 e. The molecule has 0 aromatic carbocycles. The van der Waals surface area contributed by atoms with Crippen LogP contribution in [-0.2, 0) is 15.3 Å². The van der Waals surface area contributed by atoms with Crippen molar-refractivity contribution >= 4 is 17.7 Å². The number of hydrogen-bond donors (Lipinski definition) is 0. The summed E-state index contributed by atoms with van der Waals surface area (Å²) < 4.78 is 5.59. The number of rotatable bonds is 6. The van der Waals surface area contributed by atoms with E-state index in [0.717, 1.165) is 17.2 Å². The van der Waals surface area contributed by atoms with Gasteiger partial charge in [-0.15, -0.1) is 0 Å². The second-order valence-electron chi connectivity index (χ2n) is 6.36. The zero-order valence-corrected chi connectivity index (χ0v) is 13.9. The van der Waals surface area contributed by atoms with Crippen LogP contribution in [0.1, 0.15) is 46.7 Å². The van der Waals surface area contributed by atoms with Gasteiger partial charge in [0.2, 0.25) is 0 Å². The number of carbonyl (C=O) groups is 1. The molecule has 0 N–H and O–H groups in total. The summed E-state index contributed by atoms with van der Waals surface area (Å²) in [5, 5.41) is 0. The molecule has 0 spiro atoms. The number of hydrogen-bond acceptors (Lipinski definition) is 4. The molecule has 0 fully saturated rings. The fourth-order valence-electron chi connectivity index (χ4n) is 1.30. The molecule has 0 unspecified atom stereocenters. The lowest BCUT2D eigenvalue weighted by molar-refractivity contribution is -0.166. The highest BCUT2D eigenvalue weighted by atomic mass is 32.2. The van der Waals surface area contributed by atoms with Crippen LogP contribution in [0.3, 0.4) is 0 Å². The molecule has 0 bridgehead atoms. The largest absolute Gasteiger partial charge is 0.459 e. The average molecular weight is 295 g/mol. The van der Waals surface area contributed by atoms with E-state index >= 15 is 0 Å². The first kappa shape index (κ1) is 17.0. The van der Waals surface area contributed by atoms with E-state index in [1.807, 2.05) is 32.0 Å². The maximum atomic E-state index is 11.9. The van der Waals surface area contributed by atoms with Gasteiger partial charge in [0.15, 0.2) is 0 Å². The Labute approximate surface area is 126 Å². The molecule has 0 amide bonds. The highest BCUT2D eigenvalue weighted by Gasteiger charge is 2.36. The Kier molecular flexibility index (Phi) is 6.06. The van der Waals surface area contributed by atoms with Crippen LogP contribution in [-0.4, -0.2) is 22.3 Å². The number of thioether (sulfide) groups is 1. The lowest BCUT2D eigenvalue weighted by Gasteiger charge is -2.38. The van der Waals surface area contributed by atoms with Gasteiger partial charge in [-0.3, -0.25) is 9.78 Å². The molecular formula is C16H25NO2S. The van der Waals surface area contributed by atoms with Gasteiger partial charge in [-0.2, -0.15) is 11.8 Å². The van der Waals surface area contributed by atoms with E-state index in [9.17, 15) is 4.79 Å². The highest BCUT2D eigenvalue weighted by molar-refractivity contribution is 7.98. The minimum absolute atomic E-state index is 0.0657. The van der Waals surface area contributed by atoms with Gasteiger partial charge in [0.25, 0.3) is 0 Å². The minimum atomic E-state index is -0.449. The van der Waals surface area contributed by atoms with E-state index in [2.05, 4.69) is 25.8 Å². The molecule has 4 heteroatoms. The Morgan fingerprint density at radius 2 is 1.95 bits per heavy atom. The molecule has 0 aliphatic carbocycles.